The van der Waals surface area contributed by atoms with Crippen LogP contribution in [0.15, 0.2) is 24.7 Å². The molecule has 3 aromatic rings. The highest BCUT2D eigenvalue weighted by Gasteiger charge is 2.32. The Morgan fingerprint density at radius 1 is 1.36 bits per heavy atom. The van der Waals surface area contributed by atoms with Crippen LogP contribution in [0, 0.1) is 17.2 Å². The van der Waals surface area contributed by atoms with Crippen LogP contribution in [0.5, 0.6) is 0 Å². The summed E-state index contributed by atoms with van der Waals surface area (Å²) in [4.78, 5) is 29.1. The van der Waals surface area contributed by atoms with E-state index in [0.29, 0.717) is 31.5 Å². The number of alkyl halides is 3. The largest absolute Gasteiger partial charge is 0.417 e. The zero-order valence-corrected chi connectivity index (χ0v) is 19.4. The predicted molar refractivity (Wildman–Crippen MR) is 124 cm³/mol. The smallest absolute Gasteiger partial charge is 0.382 e. The van der Waals surface area contributed by atoms with Gasteiger partial charge in [-0.1, -0.05) is 0 Å². The molecule has 4 heterocycles. The lowest BCUT2D eigenvalue weighted by atomic mass is 9.90. The minimum atomic E-state index is -4.57. The third-order valence-electron chi connectivity index (χ3n) is 6.45. The highest BCUT2D eigenvalue weighted by atomic mass is 19.4. The summed E-state index contributed by atoms with van der Waals surface area (Å²) in [6.45, 7) is 2.79. The van der Waals surface area contributed by atoms with Gasteiger partial charge in [0.05, 0.1) is 23.0 Å². The van der Waals surface area contributed by atoms with Crippen molar-refractivity contribution < 1.29 is 23.1 Å². The van der Waals surface area contributed by atoms with Crippen molar-refractivity contribution >= 4 is 22.9 Å². The Kier molecular flexibility index (Phi) is 7.09. The Morgan fingerprint density at radius 3 is 2.72 bits per heavy atom. The van der Waals surface area contributed by atoms with E-state index < -0.39 is 17.8 Å². The highest BCUT2D eigenvalue weighted by Crippen LogP contribution is 2.35. The van der Waals surface area contributed by atoms with Crippen molar-refractivity contribution in [2.24, 2.45) is 11.7 Å². The Hall–Kier alpha value is -3.76. The molecule has 0 saturated carbocycles. The lowest BCUT2D eigenvalue weighted by molar-refractivity contribution is -0.141. The van der Waals surface area contributed by atoms with Crippen molar-refractivity contribution in [3.8, 4) is 17.3 Å². The summed E-state index contributed by atoms with van der Waals surface area (Å²) in [5.41, 5.74) is 5.31. The van der Waals surface area contributed by atoms with Gasteiger partial charge in [0.15, 0.2) is 0 Å². The number of carbonyl (C=O) groups excluding carboxylic acids is 1. The number of amides is 1. The molecule has 0 bridgehead atoms. The van der Waals surface area contributed by atoms with Crippen molar-refractivity contribution in [2.45, 2.75) is 38.1 Å². The Labute approximate surface area is 204 Å². The molecule has 1 unspecified atom stereocenters. The van der Waals surface area contributed by atoms with Gasteiger partial charge in [-0.05, 0) is 31.7 Å². The number of aliphatic hydroxyl groups excluding tert-OH is 1. The van der Waals surface area contributed by atoms with Gasteiger partial charge < -0.3 is 26.0 Å². The number of nitrogens with zero attached hydrogens (tertiary/aromatic N) is 5. The predicted octanol–water partition coefficient (Wildman–Crippen LogP) is 2.27. The van der Waals surface area contributed by atoms with E-state index in [-0.39, 0.29) is 52.7 Å². The molecule has 190 valence electrons. The van der Waals surface area contributed by atoms with E-state index in [0.717, 1.165) is 12.3 Å². The van der Waals surface area contributed by atoms with Crippen molar-refractivity contribution in [2.75, 3.05) is 25.0 Å². The molecule has 5 N–H and O–H groups in total. The molecule has 10 nitrogen and oxygen atoms in total. The van der Waals surface area contributed by atoms with Gasteiger partial charge in [0.2, 0.25) is 5.95 Å². The number of aromatic nitrogens is 4. The first-order valence-electron chi connectivity index (χ1n) is 11.4. The number of nitrogens with two attached hydrogens (primary N) is 1. The first-order valence-corrected chi connectivity index (χ1v) is 11.4. The molecule has 13 heteroatoms. The van der Waals surface area contributed by atoms with Crippen LogP contribution < -0.4 is 11.1 Å². The minimum Gasteiger partial charge on any atom is -0.382 e. The lowest BCUT2D eigenvalue weighted by Gasteiger charge is -2.35. The number of piperidine rings is 1. The summed E-state index contributed by atoms with van der Waals surface area (Å²) in [7, 11) is 0. The monoisotopic (exact) mass is 502 g/mol. The van der Waals surface area contributed by atoms with Gasteiger partial charge in [-0.25, -0.2) is 15.0 Å². The molecule has 0 spiro atoms. The summed E-state index contributed by atoms with van der Waals surface area (Å²) in [5.74, 6) is 0.0276. The summed E-state index contributed by atoms with van der Waals surface area (Å²) < 4.78 is 39.7. The van der Waals surface area contributed by atoms with Gasteiger partial charge in [0.25, 0.3) is 5.91 Å². The number of likely N-dealkylation sites (tertiary alicyclic amines) is 1. The number of carbonyl (C=O) groups is 1. The van der Waals surface area contributed by atoms with Gasteiger partial charge in [0, 0.05) is 49.0 Å². The van der Waals surface area contributed by atoms with Crippen molar-refractivity contribution in [3.05, 3.63) is 35.8 Å². The molecule has 1 aliphatic rings. The Bertz CT molecular complexity index is 1290. The number of nitrogens with one attached hydrogen (secondary N) is 2. The molecule has 1 saturated heterocycles. The third kappa shape index (κ3) is 5.09. The van der Waals surface area contributed by atoms with E-state index in [9.17, 15) is 28.3 Å². The highest BCUT2D eigenvalue weighted by molar-refractivity contribution is 5.94. The maximum Gasteiger partial charge on any atom is 0.417 e. The van der Waals surface area contributed by atoms with Gasteiger partial charge in [-0.3, -0.25) is 4.79 Å². The fourth-order valence-corrected chi connectivity index (χ4v) is 4.35. The number of halogens is 3. The summed E-state index contributed by atoms with van der Waals surface area (Å²) in [6.07, 6.45) is -0.843. The van der Waals surface area contributed by atoms with E-state index in [2.05, 4.69) is 25.3 Å². The number of pyridine rings is 1. The number of H-pyrrole nitrogens is 1. The summed E-state index contributed by atoms with van der Waals surface area (Å²) >= 11 is 0. The zero-order chi connectivity index (χ0) is 26.0. The van der Waals surface area contributed by atoms with Crippen molar-refractivity contribution in [3.63, 3.8) is 0 Å². The van der Waals surface area contributed by atoms with Crippen molar-refractivity contribution in [1.29, 1.82) is 5.26 Å². The van der Waals surface area contributed by atoms with E-state index in [1.54, 1.807) is 4.90 Å². The van der Waals surface area contributed by atoms with E-state index in [4.69, 9.17) is 5.73 Å². The molecule has 3 aromatic heterocycles. The fraction of sp³-hybridized carbons (Fsp3) is 0.435. The quantitative estimate of drug-likeness (QED) is 0.400. The van der Waals surface area contributed by atoms with Crippen LogP contribution in [0.4, 0.5) is 19.1 Å². The number of hydrogen-bond donors (Lipinski definition) is 4. The minimum absolute atomic E-state index is 0.0936. The molecule has 1 fully saturated rings. The van der Waals surface area contributed by atoms with Gasteiger partial charge >= 0.3 is 6.18 Å². The molecule has 1 aliphatic heterocycles. The maximum absolute atomic E-state index is 13.2. The molecule has 2 atom stereocenters. The molecule has 0 aliphatic carbocycles. The standard InChI is InChI=1S/C23H25F3N8O2/c1-12(13-2-4-34(5-3-13)21(36)18(35)8-28)32-22-31-9-14(7-27)19(33-22)17-11-30-20-16(17)6-15(10-29-20)23(24,25)26/h6,9-13,18,35H,2-5,8,28H2,1H3,(H,29,30)(H,31,32,33)/t12-,18?/m1/s1. The maximum atomic E-state index is 13.2. The SMILES string of the molecule is C[C@@H](Nc1ncc(C#N)c(-c2c[nH]c3ncc(C(F)(F)F)cc23)n1)C1CCN(C(=O)C(O)CN)CC1. The van der Waals surface area contributed by atoms with Crippen LogP contribution in [0.2, 0.25) is 0 Å². The normalized spacial score (nSPS) is 16.5. The average Bonchev–Trinajstić information content (AvgIpc) is 3.30. The first-order chi connectivity index (χ1) is 17.1. The number of aliphatic hydroxyl groups is 1. The Balaban J connectivity index is 1.54. The number of rotatable bonds is 6. The second-order valence-electron chi connectivity index (χ2n) is 8.74. The summed E-state index contributed by atoms with van der Waals surface area (Å²) in [5, 5.41) is 22.7. The zero-order valence-electron chi connectivity index (χ0n) is 19.4. The number of fused-ring (bicyclic) bond motifs is 1. The lowest BCUT2D eigenvalue weighted by Crippen LogP contribution is -2.47. The fourth-order valence-electron chi connectivity index (χ4n) is 4.35. The van der Waals surface area contributed by atoms with Crippen LogP contribution in [0.1, 0.15) is 30.9 Å². The number of anilines is 1. The molecule has 0 aromatic carbocycles. The molecular weight excluding hydrogens is 477 g/mol. The van der Waals surface area contributed by atoms with Crippen LogP contribution in [0.3, 0.4) is 0 Å². The molecule has 4 rings (SSSR count). The second-order valence-corrected chi connectivity index (χ2v) is 8.74. The van der Waals surface area contributed by atoms with Crippen LogP contribution >= 0.6 is 0 Å². The third-order valence-corrected chi connectivity index (χ3v) is 6.45. The van der Waals surface area contributed by atoms with Crippen molar-refractivity contribution in [1.82, 2.24) is 24.8 Å². The molecular formula is C23H25F3N8O2. The van der Waals surface area contributed by atoms with Gasteiger partial charge in [-0.2, -0.15) is 18.4 Å². The topological polar surface area (TPSA) is 157 Å². The number of hydrogen-bond acceptors (Lipinski definition) is 8. The van der Waals surface area contributed by atoms with Crippen LogP contribution in [-0.4, -0.2) is 67.6 Å². The van der Waals surface area contributed by atoms with E-state index in [1.165, 1.54) is 12.4 Å². The second kappa shape index (κ2) is 10.1. The Morgan fingerprint density at radius 2 is 2.08 bits per heavy atom. The molecule has 36 heavy (non-hydrogen) atoms. The summed E-state index contributed by atoms with van der Waals surface area (Å²) in [6, 6.07) is 2.87. The number of nitriles is 1. The number of aromatic amines is 1. The van der Waals surface area contributed by atoms with Crippen LogP contribution in [-0.2, 0) is 11.0 Å². The van der Waals surface area contributed by atoms with Gasteiger partial charge in [-0.15, -0.1) is 0 Å². The molecule has 0 radical (unpaired) electrons. The van der Waals surface area contributed by atoms with E-state index in [1.807, 2.05) is 13.0 Å². The van der Waals surface area contributed by atoms with Gasteiger partial charge in [0.1, 0.15) is 17.8 Å². The first kappa shape index (κ1) is 25.3. The average molecular weight is 503 g/mol. The van der Waals surface area contributed by atoms with Crippen LogP contribution in [0.25, 0.3) is 22.3 Å². The molecule has 1 amide bonds. The van der Waals surface area contributed by atoms with E-state index >= 15 is 0 Å².